The Bertz CT molecular complexity index is 879. The number of fused-ring (bicyclic) bond motifs is 1. The molecule has 0 saturated carbocycles. The Hall–Kier alpha value is -3.02. The molecular weight excluding hydrogens is 324 g/mol. The Morgan fingerprint density at radius 3 is 2.77 bits per heavy atom. The van der Waals surface area contributed by atoms with Crippen LogP contribution in [0.3, 0.4) is 0 Å². The van der Waals surface area contributed by atoms with Crippen LogP contribution in [-0.2, 0) is 13.0 Å². The molecule has 1 aliphatic rings. The second-order valence-corrected chi connectivity index (χ2v) is 6.63. The molecule has 0 radical (unpaired) electrons. The number of anilines is 2. The van der Waals surface area contributed by atoms with Gasteiger partial charge in [0.1, 0.15) is 18.0 Å². The van der Waals surface area contributed by atoms with Crippen molar-refractivity contribution in [2.24, 2.45) is 0 Å². The topological polar surface area (TPSA) is 66.8 Å². The first kappa shape index (κ1) is 16.4. The Kier molecular flexibility index (Phi) is 4.48. The number of nitrogens with zero attached hydrogens (tertiary/aromatic N) is 5. The first-order chi connectivity index (χ1) is 12.7. The number of pyridine rings is 2. The quantitative estimate of drug-likeness (QED) is 0.782. The molecule has 4 heterocycles. The van der Waals surface area contributed by atoms with Crippen molar-refractivity contribution in [2.45, 2.75) is 32.9 Å². The van der Waals surface area contributed by atoms with E-state index in [1.807, 2.05) is 30.6 Å². The third-order valence-electron chi connectivity index (χ3n) is 4.71. The second-order valence-electron chi connectivity index (χ2n) is 6.63. The number of nitrogens with one attached hydrogen (secondary N) is 1. The molecule has 3 aromatic heterocycles. The van der Waals surface area contributed by atoms with Crippen molar-refractivity contribution >= 4 is 11.6 Å². The standard InChI is InChI=1S/C20H22N6/c1-14-6-7-19(22-11-14)26-10-8-18-16(12-26)20(24-13-23-18)25-15(2)17-5-3-4-9-21-17/h3-7,9,11,13,15H,8,10,12H2,1-2H3,(H,23,24,25). The van der Waals surface area contributed by atoms with Crippen LogP contribution in [0.4, 0.5) is 11.6 Å². The Morgan fingerprint density at radius 2 is 2.00 bits per heavy atom. The molecule has 1 aliphatic heterocycles. The molecule has 132 valence electrons. The summed E-state index contributed by atoms with van der Waals surface area (Å²) >= 11 is 0. The molecule has 0 aromatic carbocycles. The zero-order valence-corrected chi connectivity index (χ0v) is 15.1. The largest absolute Gasteiger partial charge is 0.362 e. The van der Waals surface area contributed by atoms with Gasteiger partial charge in [0.25, 0.3) is 0 Å². The minimum absolute atomic E-state index is 0.0723. The lowest BCUT2D eigenvalue weighted by molar-refractivity contribution is 0.693. The highest BCUT2D eigenvalue weighted by Gasteiger charge is 2.23. The van der Waals surface area contributed by atoms with E-state index in [4.69, 9.17) is 0 Å². The van der Waals surface area contributed by atoms with Crippen LogP contribution in [-0.4, -0.2) is 26.5 Å². The summed E-state index contributed by atoms with van der Waals surface area (Å²) < 4.78 is 0. The Balaban J connectivity index is 1.58. The van der Waals surface area contributed by atoms with Crippen molar-refractivity contribution in [1.29, 1.82) is 0 Å². The molecule has 1 unspecified atom stereocenters. The molecule has 1 N–H and O–H groups in total. The lowest BCUT2D eigenvalue weighted by Crippen LogP contribution is -2.32. The van der Waals surface area contributed by atoms with Crippen LogP contribution in [0.1, 0.15) is 35.5 Å². The van der Waals surface area contributed by atoms with Gasteiger partial charge < -0.3 is 10.2 Å². The summed E-state index contributed by atoms with van der Waals surface area (Å²) in [6.45, 7) is 5.81. The summed E-state index contributed by atoms with van der Waals surface area (Å²) in [5, 5.41) is 3.51. The van der Waals surface area contributed by atoms with Gasteiger partial charge in [-0.25, -0.2) is 15.0 Å². The van der Waals surface area contributed by atoms with E-state index in [0.717, 1.165) is 48.1 Å². The molecule has 0 saturated heterocycles. The first-order valence-corrected chi connectivity index (χ1v) is 8.88. The van der Waals surface area contributed by atoms with Gasteiger partial charge >= 0.3 is 0 Å². The van der Waals surface area contributed by atoms with Crippen molar-refractivity contribution in [1.82, 2.24) is 19.9 Å². The summed E-state index contributed by atoms with van der Waals surface area (Å²) in [6, 6.07) is 10.2. The van der Waals surface area contributed by atoms with Gasteiger partial charge in [-0.15, -0.1) is 0 Å². The van der Waals surface area contributed by atoms with Crippen LogP contribution in [0.25, 0.3) is 0 Å². The van der Waals surface area contributed by atoms with Crippen molar-refractivity contribution in [3.05, 3.63) is 71.6 Å². The maximum absolute atomic E-state index is 4.57. The molecule has 26 heavy (non-hydrogen) atoms. The molecule has 0 aliphatic carbocycles. The second kappa shape index (κ2) is 7.07. The van der Waals surface area contributed by atoms with Crippen molar-refractivity contribution in [3.63, 3.8) is 0 Å². The molecular formula is C20H22N6. The highest BCUT2D eigenvalue weighted by Crippen LogP contribution is 2.28. The maximum atomic E-state index is 4.57. The summed E-state index contributed by atoms with van der Waals surface area (Å²) in [6.07, 6.45) is 6.26. The van der Waals surface area contributed by atoms with Gasteiger partial charge in [0.2, 0.25) is 0 Å². The van der Waals surface area contributed by atoms with Crippen LogP contribution >= 0.6 is 0 Å². The smallest absolute Gasteiger partial charge is 0.135 e. The summed E-state index contributed by atoms with van der Waals surface area (Å²) in [4.78, 5) is 20.3. The highest BCUT2D eigenvalue weighted by molar-refractivity contribution is 5.53. The molecule has 3 aromatic rings. The van der Waals surface area contributed by atoms with Gasteiger partial charge in [-0.3, -0.25) is 4.98 Å². The third-order valence-corrected chi connectivity index (χ3v) is 4.71. The zero-order chi connectivity index (χ0) is 17.9. The van der Waals surface area contributed by atoms with E-state index in [0.29, 0.717) is 0 Å². The first-order valence-electron chi connectivity index (χ1n) is 8.88. The molecule has 6 nitrogen and oxygen atoms in total. The molecule has 0 spiro atoms. The van der Waals surface area contributed by atoms with Gasteiger partial charge in [-0.2, -0.15) is 0 Å². The summed E-state index contributed by atoms with van der Waals surface area (Å²) in [5.41, 5.74) is 4.41. The van der Waals surface area contributed by atoms with E-state index < -0.39 is 0 Å². The molecule has 0 fully saturated rings. The molecule has 0 bridgehead atoms. The fourth-order valence-corrected chi connectivity index (χ4v) is 3.22. The number of hydrogen-bond acceptors (Lipinski definition) is 6. The SMILES string of the molecule is Cc1ccc(N2CCc3ncnc(NC(C)c4ccccn4)c3C2)nc1. The predicted octanol–water partition coefficient (Wildman–Crippen LogP) is 3.31. The number of rotatable bonds is 4. The molecule has 0 amide bonds. The van der Waals surface area contributed by atoms with E-state index >= 15 is 0 Å². The number of aromatic nitrogens is 4. The van der Waals surface area contributed by atoms with E-state index in [1.165, 1.54) is 5.56 Å². The fraction of sp³-hybridized carbons (Fsp3) is 0.300. The molecule has 6 heteroatoms. The number of hydrogen-bond donors (Lipinski definition) is 1. The number of aryl methyl sites for hydroxylation is 1. The Morgan fingerprint density at radius 1 is 1.08 bits per heavy atom. The minimum atomic E-state index is 0.0723. The lowest BCUT2D eigenvalue weighted by atomic mass is 10.1. The zero-order valence-electron chi connectivity index (χ0n) is 15.1. The lowest BCUT2D eigenvalue weighted by Gasteiger charge is -2.30. The van der Waals surface area contributed by atoms with E-state index in [-0.39, 0.29) is 6.04 Å². The Labute approximate surface area is 153 Å². The normalized spacial score (nSPS) is 14.6. The minimum Gasteiger partial charge on any atom is -0.362 e. The third kappa shape index (κ3) is 3.35. The molecule has 4 rings (SSSR count). The highest BCUT2D eigenvalue weighted by atomic mass is 15.2. The van der Waals surface area contributed by atoms with Gasteiger partial charge in [0.05, 0.1) is 17.4 Å². The predicted molar refractivity (Wildman–Crippen MR) is 102 cm³/mol. The van der Waals surface area contributed by atoms with E-state index in [9.17, 15) is 0 Å². The summed E-state index contributed by atoms with van der Waals surface area (Å²) in [5.74, 6) is 1.87. The van der Waals surface area contributed by atoms with E-state index in [2.05, 4.69) is 56.1 Å². The average Bonchev–Trinajstić information content (AvgIpc) is 2.69. The van der Waals surface area contributed by atoms with Crippen LogP contribution in [0.5, 0.6) is 0 Å². The van der Waals surface area contributed by atoms with Crippen molar-refractivity contribution in [2.75, 3.05) is 16.8 Å². The van der Waals surface area contributed by atoms with Crippen LogP contribution < -0.4 is 10.2 Å². The van der Waals surface area contributed by atoms with Crippen LogP contribution in [0, 0.1) is 6.92 Å². The van der Waals surface area contributed by atoms with Crippen molar-refractivity contribution in [3.8, 4) is 0 Å². The van der Waals surface area contributed by atoms with Gasteiger partial charge in [-0.1, -0.05) is 12.1 Å². The maximum Gasteiger partial charge on any atom is 0.135 e. The van der Waals surface area contributed by atoms with Crippen LogP contribution in [0.15, 0.2) is 49.1 Å². The fourth-order valence-electron chi connectivity index (χ4n) is 3.22. The van der Waals surface area contributed by atoms with Crippen LogP contribution in [0.2, 0.25) is 0 Å². The van der Waals surface area contributed by atoms with Gasteiger partial charge in [-0.05, 0) is 37.6 Å². The van der Waals surface area contributed by atoms with E-state index in [1.54, 1.807) is 6.33 Å². The monoisotopic (exact) mass is 346 g/mol. The van der Waals surface area contributed by atoms with Gasteiger partial charge in [0.15, 0.2) is 0 Å². The average molecular weight is 346 g/mol. The molecule has 1 atom stereocenters. The summed E-state index contributed by atoms with van der Waals surface area (Å²) in [7, 11) is 0. The van der Waals surface area contributed by atoms with Crippen molar-refractivity contribution < 1.29 is 0 Å². The van der Waals surface area contributed by atoms with Gasteiger partial charge in [0, 0.05) is 37.5 Å².